The molecule has 0 spiro atoms. The van der Waals surface area contributed by atoms with E-state index in [-0.39, 0.29) is 5.69 Å². The Hall–Kier alpha value is -1.98. The van der Waals surface area contributed by atoms with E-state index in [0.717, 1.165) is 6.54 Å². The summed E-state index contributed by atoms with van der Waals surface area (Å²) in [5.74, 6) is -1.85. The number of halogens is 1. The number of hydrogen-bond acceptors (Lipinski definition) is 3. The zero-order valence-corrected chi connectivity index (χ0v) is 9.47. The van der Waals surface area contributed by atoms with Crippen LogP contribution >= 0.6 is 0 Å². The molecule has 2 aromatic rings. The monoisotopic (exact) mass is 239 g/mol. The molecule has 0 unspecified atom stereocenters. The van der Waals surface area contributed by atoms with Crippen LogP contribution in [0.5, 0.6) is 11.6 Å². The second kappa shape index (κ2) is 4.48. The third-order valence-corrected chi connectivity index (χ3v) is 2.76. The molecule has 0 amide bonds. The van der Waals surface area contributed by atoms with Crippen molar-refractivity contribution in [2.75, 3.05) is 0 Å². The lowest BCUT2D eigenvalue weighted by Gasteiger charge is -2.07. The number of aromatic hydroxyl groups is 2. The van der Waals surface area contributed by atoms with Crippen molar-refractivity contribution in [2.24, 2.45) is 0 Å². The topological polar surface area (TPSA) is 63.2 Å². The first-order valence-electron chi connectivity index (χ1n) is 5.33. The maximum absolute atomic E-state index is 13.3. The van der Waals surface area contributed by atoms with E-state index in [0.29, 0.717) is 13.0 Å². The molecule has 0 atom stereocenters. The summed E-state index contributed by atoms with van der Waals surface area (Å²) in [6.45, 7) is 2.68. The van der Waals surface area contributed by atoms with Gasteiger partial charge in [0.05, 0.1) is 12.0 Å². The lowest BCUT2D eigenvalue weighted by Crippen LogP contribution is -2.04. The van der Waals surface area contributed by atoms with Gasteiger partial charge in [0.2, 0.25) is 11.6 Å². The van der Waals surface area contributed by atoms with Crippen molar-refractivity contribution in [2.45, 2.75) is 26.4 Å². The molecule has 2 rings (SSSR count). The van der Waals surface area contributed by atoms with Crippen LogP contribution < -0.4 is 0 Å². The largest absolute Gasteiger partial charge is 0.501 e. The number of aromatic nitrogens is 3. The number of imidazole rings is 1. The van der Waals surface area contributed by atoms with Gasteiger partial charge >= 0.3 is 0 Å². The highest BCUT2D eigenvalue weighted by molar-refractivity contribution is 5.38. The molecule has 0 aliphatic carbocycles. The van der Waals surface area contributed by atoms with E-state index in [9.17, 15) is 14.6 Å². The molecule has 5 nitrogen and oxygen atoms in total. The van der Waals surface area contributed by atoms with Crippen molar-refractivity contribution in [3.8, 4) is 11.6 Å². The number of aryl methyl sites for hydroxylation is 1. The van der Waals surface area contributed by atoms with Crippen LogP contribution in [-0.2, 0) is 13.1 Å². The van der Waals surface area contributed by atoms with Gasteiger partial charge in [0.1, 0.15) is 0 Å². The van der Waals surface area contributed by atoms with Gasteiger partial charge in [-0.15, -0.1) is 0 Å². The van der Waals surface area contributed by atoms with E-state index in [1.54, 1.807) is 12.5 Å². The van der Waals surface area contributed by atoms with Crippen molar-refractivity contribution >= 4 is 0 Å². The summed E-state index contributed by atoms with van der Waals surface area (Å²) in [4.78, 5) is 3.91. The van der Waals surface area contributed by atoms with Crippen LogP contribution in [0, 0.1) is 12.7 Å². The fourth-order valence-electron chi connectivity index (χ4n) is 1.78. The van der Waals surface area contributed by atoms with E-state index >= 15 is 0 Å². The fourth-order valence-corrected chi connectivity index (χ4v) is 1.78. The Balaban J connectivity index is 2.02. The minimum atomic E-state index is -0.759. The summed E-state index contributed by atoms with van der Waals surface area (Å²) in [5.41, 5.74) is 0.241. The van der Waals surface area contributed by atoms with Gasteiger partial charge in [-0.3, -0.25) is 0 Å². The van der Waals surface area contributed by atoms with Crippen LogP contribution in [0.4, 0.5) is 4.39 Å². The molecule has 6 heteroatoms. The van der Waals surface area contributed by atoms with Gasteiger partial charge in [-0.2, -0.15) is 0 Å². The average molecular weight is 239 g/mol. The van der Waals surface area contributed by atoms with Gasteiger partial charge in [0.25, 0.3) is 0 Å². The first-order valence-corrected chi connectivity index (χ1v) is 5.33. The molecule has 2 aromatic heterocycles. The van der Waals surface area contributed by atoms with Crippen LogP contribution in [0.2, 0.25) is 0 Å². The third kappa shape index (κ3) is 2.11. The zero-order chi connectivity index (χ0) is 12.4. The van der Waals surface area contributed by atoms with Crippen LogP contribution in [0.25, 0.3) is 0 Å². The summed E-state index contributed by atoms with van der Waals surface area (Å²) in [6.07, 6.45) is 5.92. The summed E-state index contributed by atoms with van der Waals surface area (Å²) < 4.78 is 16.5. The van der Waals surface area contributed by atoms with E-state index in [2.05, 4.69) is 4.98 Å². The summed E-state index contributed by atoms with van der Waals surface area (Å²) in [5, 5.41) is 18.7. The van der Waals surface area contributed by atoms with Crippen LogP contribution in [0.3, 0.4) is 0 Å². The Morgan fingerprint density at radius 1 is 1.35 bits per heavy atom. The van der Waals surface area contributed by atoms with Crippen molar-refractivity contribution < 1.29 is 14.6 Å². The smallest absolute Gasteiger partial charge is 0.238 e. The van der Waals surface area contributed by atoms with Crippen LogP contribution in [0.1, 0.15) is 12.1 Å². The second-order valence-corrected chi connectivity index (χ2v) is 3.88. The van der Waals surface area contributed by atoms with Crippen molar-refractivity contribution in [1.29, 1.82) is 0 Å². The average Bonchev–Trinajstić information content (AvgIpc) is 2.89. The Labute approximate surface area is 97.8 Å². The lowest BCUT2D eigenvalue weighted by molar-refractivity contribution is 0.360. The van der Waals surface area contributed by atoms with Crippen LogP contribution in [0.15, 0.2) is 18.7 Å². The normalized spacial score (nSPS) is 10.9. The molecule has 17 heavy (non-hydrogen) atoms. The highest BCUT2D eigenvalue weighted by Crippen LogP contribution is 2.33. The predicted octanol–water partition coefficient (Wildman–Crippen LogP) is 1.63. The summed E-state index contributed by atoms with van der Waals surface area (Å²) >= 11 is 0. The minimum Gasteiger partial charge on any atom is -0.501 e. The van der Waals surface area contributed by atoms with Gasteiger partial charge < -0.3 is 19.3 Å². The molecule has 2 heterocycles. The molecule has 0 saturated heterocycles. The van der Waals surface area contributed by atoms with Crippen molar-refractivity contribution in [3.63, 3.8) is 0 Å². The van der Waals surface area contributed by atoms with Gasteiger partial charge in [-0.25, -0.2) is 9.37 Å². The number of rotatable bonds is 4. The maximum Gasteiger partial charge on any atom is 0.238 e. The van der Waals surface area contributed by atoms with Gasteiger partial charge in [0.15, 0.2) is 5.82 Å². The molecular formula is C11H14FN3O2. The molecular weight excluding hydrogens is 225 g/mol. The standard InChI is InChI=1S/C11H14FN3O2/c1-8-9(12)10(16)11(17)15(8)5-2-4-14-6-3-13-7-14/h3,6-7,16-17H,2,4-5H2,1H3. The van der Waals surface area contributed by atoms with Crippen molar-refractivity contribution in [1.82, 2.24) is 14.1 Å². The van der Waals surface area contributed by atoms with Crippen molar-refractivity contribution in [3.05, 3.63) is 30.2 Å². The Bertz CT molecular complexity index is 480. The Morgan fingerprint density at radius 3 is 2.65 bits per heavy atom. The molecule has 0 aliphatic rings. The minimum absolute atomic E-state index is 0.241. The first kappa shape index (κ1) is 11.5. The quantitative estimate of drug-likeness (QED) is 0.852. The number of nitrogens with zero attached hydrogens (tertiary/aromatic N) is 3. The molecule has 2 N–H and O–H groups in total. The van der Waals surface area contributed by atoms with Gasteiger partial charge in [0, 0.05) is 25.5 Å². The number of hydrogen-bond donors (Lipinski definition) is 2. The van der Waals surface area contributed by atoms with Gasteiger partial charge in [-0.05, 0) is 13.3 Å². The molecule has 0 fully saturated rings. The zero-order valence-electron chi connectivity index (χ0n) is 9.47. The molecule has 0 aliphatic heterocycles. The Morgan fingerprint density at radius 2 is 2.12 bits per heavy atom. The first-order chi connectivity index (χ1) is 8.11. The Kier molecular flexibility index (Phi) is 3.03. The van der Waals surface area contributed by atoms with E-state index < -0.39 is 17.4 Å². The lowest BCUT2D eigenvalue weighted by atomic mass is 10.4. The predicted molar refractivity (Wildman–Crippen MR) is 59.3 cm³/mol. The maximum atomic E-state index is 13.3. The molecule has 0 saturated carbocycles. The second-order valence-electron chi connectivity index (χ2n) is 3.88. The molecule has 0 aromatic carbocycles. The molecule has 0 bridgehead atoms. The fraction of sp³-hybridized carbons (Fsp3) is 0.364. The highest BCUT2D eigenvalue weighted by Gasteiger charge is 2.18. The van der Waals surface area contributed by atoms with E-state index in [4.69, 9.17) is 0 Å². The molecule has 0 radical (unpaired) electrons. The van der Waals surface area contributed by atoms with Crippen LogP contribution in [-0.4, -0.2) is 24.3 Å². The summed E-state index contributed by atoms with van der Waals surface area (Å²) in [7, 11) is 0. The third-order valence-electron chi connectivity index (χ3n) is 2.76. The highest BCUT2D eigenvalue weighted by atomic mass is 19.1. The summed E-state index contributed by atoms with van der Waals surface area (Å²) in [6, 6.07) is 0. The van der Waals surface area contributed by atoms with E-state index in [1.807, 2.05) is 10.8 Å². The van der Waals surface area contributed by atoms with E-state index in [1.165, 1.54) is 11.5 Å². The molecule has 92 valence electrons. The van der Waals surface area contributed by atoms with Gasteiger partial charge in [-0.1, -0.05) is 0 Å². The SMILES string of the molecule is Cc1c(F)c(O)c(O)n1CCCn1ccnc1.